The number of ketones is 2. The van der Waals surface area contributed by atoms with Crippen LogP contribution in [-0.4, -0.2) is 71.4 Å². The lowest BCUT2D eigenvalue weighted by Gasteiger charge is -2.21. The number of rotatable bonds is 38. The Morgan fingerprint density at radius 3 is 0.882 bits per heavy atom. The van der Waals surface area contributed by atoms with E-state index in [0.29, 0.717) is 12.8 Å². The maximum absolute atomic E-state index is 12.8. The van der Waals surface area contributed by atoms with Gasteiger partial charge in [0.2, 0.25) is 0 Å². The van der Waals surface area contributed by atoms with Gasteiger partial charge in [0.05, 0.1) is 39.8 Å². The summed E-state index contributed by atoms with van der Waals surface area (Å²) in [4.78, 5) is 44.6. The molecule has 0 spiro atoms. The Bertz CT molecular complexity index is 763. The van der Waals surface area contributed by atoms with Crippen molar-refractivity contribution >= 4 is 19.2 Å². The molecule has 8 heteroatoms. The number of nitrogens with zero attached hydrogens (tertiary/aromatic N) is 1. The fraction of sp³-hybridized carbons (Fsp3) is 0.953. The van der Waals surface area contributed by atoms with Crippen molar-refractivity contribution in [3.63, 3.8) is 0 Å². The number of Topliss-reactive ketones (excluding diaryl/α,β-unsaturated/α-hetero) is 2. The summed E-state index contributed by atoms with van der Waals surface area (Å²) in [6.45, 7) is 5.64. The number of quaternary nitrogens is 1. The first-order valence-corrected chi connectivity index (χ1v) is 23.7. The smallest absolute Gasteiger partial charge is 0.326 e. The molecule has 0 aliphatic carbocycles. The van der Waals surface area contributed by atoms with Crippen LogP contribution in [0.3, 0.4) is 0 Å². The van der Waals surface area contributed by atoms with Crippen molar-refractivity contribution in [1.82, 2.24) is 0 Å². The number of unbranched alkanes of at least 4 members (excludes halogenated alkanes) is 28. The van der Waals surface area contributed by atoms with E-state index >= 15 is 0 Å². The van der Waals surface area contributed by atoms with E-state index in [2.05, 4.69) is 35.0 Å². The molecule has 0 rings (SSSR count). The summed E-state index contributed by atoms with van der Waals surface area (Å²) in [5.41, 5.74) is 0. The van der Waals surface area contributed by atoms with E-state index in [1.807, 2.05) is 0 Å². The van der Waals surface area contributed by atoms with Crippen molar-refractivity contribution in [2.24, 2.45) is 5.92 Å². The van der Waals surface area contributed by atoms with Gasteiger partial charge in [-0.2, -0.15) is 0 Å². The largest absolute Gasteiger partial charge is 0.391 e. The van der Waals surface area contributed by atoms with Crippen LogP contribution in [0.1, 0.15) is 219 Å². The summed E-state index contributed by atoms with van der Waals surface area (Å²) >= 11 is 0. The van der Waals surface area contributed by atoms with E-state index < -0.39 is 19.7 Å². The fourth-order valence-corrected chi connectivity index (χ4v) is 7.49. The van der Waals surface area contributed by atoms with Crippen molar-refractivity contribution in [2.45, 2.75) is 219 Å². The minimum atomic E-state index is -4.42. The van der Waals surface area contributed by atoms with Gasteiger partial charge in [-0.15, -0.1) is 0 Å². The highest BCUT2D eigenvalue weighted by atomic mass is 31.2. The molecule has 0 aliphatic heterocycles. The van der Waals surface area contributed by atoms with Crippen LogP contribution < -0.4 is 0 Å². The standard InChI is InChI=1S/C38H75O5P.C5H14NO/c1-3-5-7-9-11-13-15-17-19-21-23-25-27-29-31-33-37(39)36(35-44(41,42)43)38(40)34-32-30-28-26-24-22-20-18-16-14-12-10-8-6-4-2;1-6(2,3)4-5-7/h36H,3-35H2,1-2H3,(H2,41,42,43);7H,4-5H2,1-3H3/q;+1. The molecule has 0 aromatic rings. The zero-order valence-electron chi connectivity index (χ0n) is 34.8. The molecule has 51 heavy (non-hydrogen) atoms. The second kappa shape index (κ2) is 37.7. The number of carbonyl (C=O) groups excluding carboxylic acids is 2. The first kappa shape index (κ1) is 52.5. The molecule has 3 N–H and O–H groups in total. The second-order valence-electron chi connectivity index (χ2n) is 16.5. The molecule has 0 heterocycles. The molecule has 0 radical (unpaired) electrons. The summed E-state index contributed by atoms with van der Waals surface area (Å²) < 4.78 is 12.5. The maximum atomic E-state index is 12.8. The van der Waals surface area contributed by atoms with Crippen molar-refractivity contribution in [2.75, 3.05) is 40.5 Å². The van der Waals surface area contributed by atoms with Gasteiger partial charge >= 0.3 is 7.60 Å². The highest BCUT2D eigenvalue weighted by Gasteiger charge is 2.32. The normalized spacial score (nSPS) is 11.9. The fourth-order valence-electron chi connectivity index (χ4n) is 6.61. The molecule has 306 valence electrons. The Morgan fingerprint density at radius 1 is 0.471 bits per heavy atom. The highest BCUT2D eigenvalue weighted by Crippen LogP contribution is 2.38. The van der Waals surface area contributed by atoms with Gasteiger partial charge in [0.25, 0.3) is 0 Å². The molecule has 0 saturated heterocycles. The number of likely N-dealkylation sites (N-methyl/N-ethyl adjacent to an activating group) is 1. The lowest BCUT2D eigenvalue weighted by atomic mass is 9.93. The van der Waals surface area contributed by atoms with Crippen LogP contribution in [0.2, 0.25) is 0 Å². The van der Waals surface area contributed by atoms with Gasteiger partial charge in [-0.05, 0) is 12.8 Å². The van der Waals surface area contributed by atoms with Gasteiger partial charge < -0.3 is 19.4 Å². The zero-order chi connectivity index (χ0) is 38.5. The zero-order valence-corrected chi connectivity index (χ0v) is 35.7. The second-order valence-corrected chi connectivity index (χ2v) is 18.2. The number of hydrogen-bond acceptors (Lipinski definition) is 4. The maximum Gasteiger partial charge on any atom is 0.326 e. The van der Waals surface area contributed by atoms with E-state index in [1.165, 1.54) is 154 Å². The van der Waals surface area contributed by atoms with Gasteiger partial charge in [0, 0.05) is 12.8 Å². The summed E-state index contributed by atoms with van der Waals surface area (Å²) in [6, 6.07) is 0. The van der Waals surface area contributed by atoms with Crippen molar-refractivity contribution in [1.29, 1.82) is 0 Å². The van der Waals surface area contributed by atoms with Gasteiger partial charge in [-0.3, -0.25) is 14.2 Å². The van der Waals surface area contributed by atoms with Gasteiger partial charge in [0.1, 0.15) is 18.1 Å². The van der Waals surface area contributed by atoms with Crippen LogP contribution >= 0.6 is 7.60 Å². The summed E-state index contributed by atoms with van der Waals surface area (Å²) in [5.74, 6) is -1.67. The molecule has 0 saturated carbocycles. The Kier molecular flexibility index (Phi) is 38.8. The SMILES string of the molecule is CCCCCCCCCCCCCCCCCC(=O)C(CP(=O)(O)O)C(=O)CCCCCCCCCCCCCCCCC.C[N+](C)(C)CCO. The van der Waals surface area contributed by atoms with Gasteiger partial charge in [-0.1, -0.05) is 194 Å². The lowest BCUT2D eigenvalue weighted by molar-refractivity contribution is -0.870. The number of aliphatic hydroxyl groups excluding tert-OH is 1. The minimum absolute atomic E-state index is 0.257. The lowest BCUT2D eigenvalue weighted by Crippen LogP contribution is -2.36. The van der Waals surface area contributed by atoms with Gasteiger partial charge in [0.15, 0.2) is 0 Å². The monoisotopic (exact) mass is 747 g/mol. The predicted octanol–water partition coefficient (Wildman–Crippen LogP) is 12.1. The van der Waals surface area contributed by atoms with E-state index in [4.69, 9.17) is 5.11 Å². The topological polar surface area (TPSA) is 112 Å². The molecule has 0 fully saturated rings. The van der Waals surface area contributed by atoms with Crippen LogP contribution in [-0.2, 0) is 14.2 Å². The highest BCUT2D eigenvalue weighted by molar-refractivity contribution is 7.51. The Balaban J connectivity index is 0. The van der Waals surface area contributed by atoms with Crippen LogP contribution in [0.15, 0.2) is 0 Å². The molecule has 7 nitrogen and oxygen atoms in total. The van der Waals surface area contributed by atoms with E-state index in [-0.39, 0.29) is 31.0 Å². The van der Waals surface area contributed by atoms with Crippen molar-refractivity contribution in [3.05, 3.63) is 0 Å². The third-order valence-corrected chi connectivity index (χ3v) is 10.9. The molecule has 0 aromatic carbocycles. The first-order chi connectivity index (χ1) is 24.4. The molecule has 0 amide bonds. The van der Waals surface area contributed by atoms with Crippen molar-refractivity contribution < 1.29 is 33.5 Å². The van der Waals surface area contributed by atoms with Crippen LogP contribution in [0.5, 0.6) is 0 Å². The average molecular weight is 747 g/mol. The number of aliphatic hydroxyl groups is 1. The van der Waals surface area contributed by atoms with E-state index in [0.717, 1.165) is 36.7 Å². The summed E-state index contributed by atoms with van der Waals surface area (Å²) in [7, 11) is 1.73. The quantitative estimate of drug-likeness (QED) is 0.0251. The van der Waals surface area contributed by atoms with Gasteiger partial charge in [-0.25, -0.2) is 0 Å². The summed E-state index contributed by atoms with van der Waals surface area (Å²) in [6.07, 6.45) is 37.3. The Hall–Kier alpha value is -0.590. The van der Waals surface area contributed by atoms with Crippen LogP contribution in [0, 0.1) is 5.92 Å². The van der Waals surface area contributed by atoms with Crippen molar-refractivity contribution in [3.8, 4) is 0 Å². The molecular formula is C43H89NO6P+. The number of hydrogen-bond donors (Lipinski definition) is 3. The van der Waals surface area contributed by atoms with E-state index in [9.17, 15) is 23.9 Å². The third-order valence-electron chi connectivity index (χ3n) is 10.0. The van der Waals surface area contributed by atoms with E-state index in [1.54, 1.807) is 0 Å². The first-order valence-electron chi connectivity index (χ1n) is 21.9. The number of carbonyl (C=O) groups is 2. The average Bonchev–Trinajstić information content (AvgIpc) is 3.06. The Labute approximate surface area is 317 Å². The minimum Gasteiger partial charge on any atom is -0.391 e. The van der Waals surface area contributed by atoms with Crippen LogP contribution in [0.25, 0.3) is 0 Å². The predicted molar refractivity (Wildman–Crippen MR) is 219 cm³/mol. The molecular weight excluding hydrogens is 657 g/mol. The Morgan fingerprint density at radius 2 is 0.706 bits per heavy atom. The molecule has 0 unspecified atom stereocenters. The molecule has 0 aromatic heterocycles. The molecule has 0 bridgehead atoms. The molecule has 0 atom stereocenters. The third kappa shape index (κ3) is 43.7. The molecule has 0 aliphatic rings. The summed E-state index contributed by atoms with van der Waals surface area (Å²) in [5, 5.41) is 8.39. The van der Waals surface area contributed by atoms with Crippen LogP contribution in [0.4, 0.5) is 0 Å².